The lowest BCUT2D eigenvalue weighted by atomic mass is 10.2. The molecule has 8 nitrogen and oxygen atoms in total. The van der Waals surface area contributed by atoms with Gasteiger partial charge in [-0.2, -0.15) is 5.10 Å². The summed E-state index contributed by atoms with van der Waals surface area (Å²) in [7, 11) is 2.11. The SMILES string of the molecule is CN(CCC(=O)N1CCN(c2ccccn2)CC1)CC1CCCN1c1cccnn1. The number of hydrogen-bond donors (Lipinski definition) is 0. The van der Waals surface area contributed by atoms with Crippen LogP contribution in [0.1, 0.15) is 19.3 Å². The third-order valence-electron chi connectivity index (χ3n) is 6.07. The molecule has 1 amide bonds. The van der Waals surface area contributed by atoms with E-state index in [1.165, 1.54) is 6.42 Å². The molecule has 2 aromatic rings. The molecule has 0 saturated carbocycles. The van der Waals surface area contributed by atoms with Gasteiger partial charge in [0.15, 0.2) is 5.82 Å². The number of pyridine rings is 1. The van der Waals surface area contributed by atoms with Crippen molar-refractivity contribution in [3.05, 3.63) is 42.7 Å². The molecule has 2 aromatic heterocycles. The lowest BCUT2D eigenvalue weighted by Gasteiger charge is -2.36. The Morgan fingerprint density at radius 3 is 2.63 bits per heavy atom. The largest absolute Gasteiger partial charge is 0.353 e. The maximum atomic E-state index is 12.7. The number of carbonyl (C=O) groups excluding carboxylic acids is 1. The van der Waals surface area contributed by atoms with E-state index >= 15 is 0 Å². The maximum Gasteiger partial charge on any atom is 0.223 e. The van der Waals surface area contributed by atoms with Crippen molar-refractivity contribution in [1.29, 1.82) is 0 Å². The van der Waals surface area contributed by atoms with Gasteiger partial charge in [0.05, 0.1) is 0 Å². The number of piperazine rings is 1. The number of likely N-dealkylation sites (N-methyl/N-ethyl adjacent to an activating group) is 1. The van der Waals surface area contributed by atoms with Gasteiger partial charge in [-0.25, -0.2) is 4.98 Å². The Kier molecular flexibility index (Phi) is 6.74. The first-order chi connectivity index (χ1) is 14.7. The molecule has 2 aliphatic heterocycles. The van der Waals surface area contributed by atoms with Crippen molar-refractivity contribution in [3.63, 3.8) is 0 Å². The molecular weight excluding hydrogens is 378 g/mol. The molecule has 0 N–H and O–H groups in total. The highest BCUT2D eigenvalue weighted by molar-refractivity contribution is 5.76. The van der Waals surface area contributed by atoms with Gasteiger partial charge in [0.1, 0.15) is 5.82 Å². The monoisotopic (exact) mass is 409 g/mol. The van der Waals surface area contributed by atoms with Crippen molar-refractivity contribution in [2.45, 2.75) is 25.3 Å². The van der Waals surface area contributed by atoms with Crippen molar-refractivity contribution in [2.75, 3.05) is 62.7 Å². The second-order valence-corrected chi connectivity index (χ2v) is 8.14. The molecule has 0 bridgehead atoms. The quantitative estimate of drug-likeness (QED) is 0.687. The van der Waals surface area contributed by atoms with Crippen molar-refractivity contribution < 1.29 is 4.79 Å². The van der Waals surface area contributed by atoms with Gasteiger partial charge in [0, 0.05) is 70.7 Å². The molecule has 4 rings (SSSR count). The van der Waals surface area contributed by atoms with Crippen LogP contribution in [0, 0.1) is 0 Å². The van der Waals surface area contributed by atoms with Gasteiger partial charge in [-0.05, 0) is 44.2 Å². The minimum atomic E-state index is 0.250. The number of nitrogens with zero attached hydrogens (tertiary/aromatic N) is 7. The summed E-state index contributed by atoms with van der Waals surface area (Å²) in [4.78, 5) is 26.0. The van der Waals surface area contributed by atoms with Crippen molar-refractivity contribution >= 4 is 17.5 Å². The Hall–Kier alpha value is -2.74. The van der Waals surface area contributed by atoms with E-state index < -0.39 is 0 Å². The molecule has 0 spiro atoms. The standard InChI is InChI=1S/C22H31N7O/c1-26(18-19-6-5-12-29(19)21-8-4-11-24-25-21)13-9-22(30)28-16-14-27(15-17-28)20-7-2-3-10-23-20/h2-4,7-8,10-11,19H,5-6,9,12-18H2,1H3. The molecule has 160 valence electrons. The van der Waals surface area contributed by atoms with Gasteiger partial charge in [-0.15, -0.1) is 5.10 Å². The van der Waals surface area contributed by atoms with Gasteiger partial charge in [-0.3, -0.25) is 4.79 Å². The smallest absolute Gasteiger partial charge is 0.223 e. The second-order valence-electron chi connectivity index (χ2n) is 8.14. The van der Waals surface area contributed by atoms with E-state index in [0.29, 0.717) is 12.5 Å². The summed E-state index contributed by atoms with van der Waals surface area (Å²) < 4.78 is 0. The number of hydrogen-bond acceptors (Lipinski definition) is 7. The Balaban J connectivity index is 1.20. The summed E-state index contributed by atoms with van der Waals surface area (Å²) in [5.41, 5.74) is 0. The molecular formula is C22H31N7O. The number of anilines is 2. The lowest BCUT2D eigenvalue weighted by molar-refractivity contribution is -0.131. The predicted molar refractivity (Wildman–Crippen MR) is 118 cm³/mol. The fourth-order valence-electron chi connectivity index (χ4n) is 4.40. The zero-order chi connectivity index (χ0) is 20.8. The van der Waals surface area contributed by atoms with E-state index in [2.05, 4.69) is 36.9 Å². The van der Waals surface area contributed by atoms with E-state index in [0.717, 1.165) is 63.9 Å². The Morgan fingerprint density at radius 2 is 1.90 bits per heavy atom. The van der Waals surface area contributed by atoms with Crippen LogP contribution in [0.15, 0.2) is 42.7 Å². The van der Waals surface area contributed by atoms with Gasteiger partial charge in [-0.1, -0.05) is 6.07 Å². The molecule has 8 heteroatoms. The molecule has 30 heavy (non-hydrogen) atoms. The zero-order valence-electron chi connectivity index (χ0n) is 17.7. The number of amides is 1. The third kappa shape index (κ3) is 5.05. The van der Waals surface area contributed by atoms with Crippen LogP contribution in [0.3, 0.4) is 0 Å². The van der Waals surface area contributed by atoms with Crippen molar-refractivity contribution in [2.24, 2.45) is 0 Å². The molecule has 2 aliphatic rings. The van der Waals surface area contributed by atoms with Crippen LogP contribution in [-0.2, 0) is 4.79 Å². The number of rotatable bonds is 7. The molecule has 1 unspecified atom stereocenters. The van der Waals surface area contributed by atoms with Crippen LogP contribution in [-0.4, -0.2) is 89.8 Å². The minimum absolute atomic E-state index is 0.250. The Labute approximate surface area is 178 Å². The summed E-state index contributed by atoms with van der Waals surface area (Å²) in [6.07, 6.45) is 6.43. The van der Waals surface area contributed by atoms with Gasteiger partial charge in [0.25, 0.3) is 0 Å². The van der Waals surface area contributed by atoms with Gasteiger partial charge < -0.3 is 19.6 Å². The normalized spacial score (nSPS) is 19.5. The van der Waals surface area contributed by atoms with Crippen LogP contribution in [0.4, 0.5) is 11.6 Å². The van der Waals surface area contributed by atoms with Crippen molar-refractivity contribution in [1.82, 2.24) is 25.0 Å². The molecule has 2 saturated heterocycles. The van der Waals surface area contributed by atoms with Crippen LogP contribution in [0.25, 0.3) is 0 Å². The summed E-state index contributed by atoms with van der Waals surface area (Å²) in [6.45, 7) is 5.96. The fourth-order valence-corrected chi connectivity index (χ4v) is 4.40. The summed E-state index contributed by atoms with van der Waals surface area (Å²) >= 11 is 0. The highest BCUT2D eigenvalue weighted by Crippen LogP contribution is 2.23. The molecule has 2 fully saturated rings. The van der Waals surface area contributed by atoms with Crippen LogP contribution < -0.4 is 9.80 Å². The second kappa shape index (κ2) is 9.84. The molecule has 1 atom stereocenters. The van der Waals surface area contributed by atoms with E-state index in [1.807, 2.05) is 41.4 Å². The first kappa shape index (κ1) is 20.5. The number of carbonyl (C=O) groups is 1. The topological polar surface area (TPSA) is 68.7 Å². The van der Waals surface area contributed by atoms with E-state index in [9.17, 15) is 4.79 Å². The molecule has 0 aromatic carbocycles. The average molecular weight is 410 g/mol. The van der Waals surface area contributed by atoms with E-state index in [-0.39, 0.29) is 5.91 Å². The molecule has 0 aliphatic carbocycles. The van der Waals surface area contributed by atoms with Crippen LogP contribution in [0.2, 0.25) is 0 Å². The highest BCUT2D eigenvalue weighted by Gasteiger charge is 2.27. The van der Waals surface area contributed by atoms with E-state index in [4.69, 9.17) is 0 Å². The maximum absolute atomic E-state index is 12.7. The fraction of sp³-hybridized carbons (Fsp3) is 0.545. The summed E-state index contributed by atoms with van der Waals surface area (Å²) in [6, 6.07) is 10.4. The van der Waals surface area contributed by atoms with Gasteiger partial charge in [0.2, 0.25) is 5.91 Å². The Bertz CT molecular complexity index is 796. The Morgan fingerprint density at radius 1 is 1.07 bits per heavy atom. The summed E-state index contributed by atoms with van der Waals surface area (Å²) in [5, 5.41) is 8.29. The predicted octanol–water partition coefficient (Wildman–Crippen LogP) is 1.51. The zero-order valence-corrected chi connectivity index (χ0v) is 17.7. The molecule has 0 radical (unpaired) electrons. The first-order valence-corrected chi connectivity index (χ1v) is 10.9. The van der Waals surface area contributed by atoms with Crippen LogP contribution >= 0.6 is 0 Å². The third-order valence-corrected chi connectivity index (χ3v) is 6.07. The van der Waals surface area contributed by atoms with E-state index in [1.54, 1.807) is 6.20 Å². The lowest BCUT2D eigenvalue weighted by Crippen LogP contribution is -2.49. The molecule has 4 heterocycles. The van der Waals surface area contributed by atoms with Crippen molar-refractivity contribution in [3.8, 4) is 0 Å². The van der Waals surface area contributed by atoms with Gasteiger partial charge >= 0.3 is 0 Å². The highest BCUT2D eigenvalue weighted by atomic mass is 16.2. The first-order valence-electron chi connectivity index (χ1n) is 10.9. The summed E-state index contributed by atoms with van der Waals surface area (Å²) in [5.74, 6) is 2.20. The minimum Gasteiger partial charge on any atom is -0.353 e. The average Bonchev–Trinajstić information content (AvgIpc) is 3.27. The van der Waals surface area contributed by atoms with Crippen LogP contribution in [0.5, 0.6) is 0 Å². The number of aromatic nitrogens is 3.